The van der Waals surface area contributed by atoms with Crippen LogP contribution in [0.3, 0.4) is 0 Å². The number of para-hydroxylation sites is 1. The second-order valence-electron chi connectivity index (χ2n) is 8.44. The molecule has 2 aromatic carbocycles. The van der Waals surface area contributed by atoms with Gasteiger partial charge in [0.25, 0.3) is 0 Å². The number of nitrogens with one attached hydrogen (secondary N) is 2. The fraction of sp³-hybridized carbons (Fsp3) is 0.391. The normalized spacial score (nSPS) is 14.9. The van der Waals surface area contributed by atoms with Gasteiger partial charge in [-0.05, 0) is 49.3 Å². The number of hydrogen-bond acceptors (Lipinski definition) is 5. The largest absolute Gasteiger partial charge is 0.366 e. The average molecular weight is 509 g/mol. The molecule has 0 aliphatic carbocycles. The number of aryl methyl sites for hydroxylation is 1. The molecule has 0 radical (unpaired) electrons. The smallest absolute Gasteiger partial charge is 0.243 e. The number of amides is 1. The Bertz CT molecular complexity index is 1110. The minimum atomic E-state index is -3.56. The van der Waals surface area contributed by atoms with Crippen molar-refractivity contribution in [3.05, 3.63) is 53.1 Å². The molecule has 1 aliphatic rings. The SMILES string of the molecule is Cc1ccc(S(=O)(=O)N2CCN(c3c(Cl)cccc3NC(=S)NC(=O)CC(C)C)CC2)cc1. The molecule has 2 aromatic rings. The van der Waals surface area contributed by atoms with Crippen molar-refractivity contribution >= 4 is 56.2 Å². The van der Waals surface area contributed by atoms with Crippen LogP contribution in [-0.4, -0.2) is 49.9 Å². The fourth-order valence-corrected chi connectivity index (χ4v) is 5.59. The van der Waals surface area contributed by atoms with Crippen molar-refractivity contribution in [2.24, 2.45) is 5.92 Å². The first-order valence-electron chi connectivity index (χ1n) is 10.8. The van der Waals surface area contributed by atoms with E-state index in [0.717, 1.165) is 11.3 Å². The van der Waals surface area contributed by atoms with Crippen molar-refractivity contribution < 1.29 is 13.2 Å². The van der Waals surface area contributed by atoms with E-state index in [1.807, 2.05) is 31.7 Å². The van der Waals surface area contributed by atoms with E-state index < -0.39 is 10.0 Å². The number of halogens is 1. The third kappa shape index (κ3) is 6.44. The Morgan fingerprint density at radius 3 is 2.33 bits per heavy atom. The molecule has 0 aromatic heterocycles. The molecule has 1 fully saturated rings. The molecule has 2 N–H and O–H groups in total. The van der Waals surface area contributed by atoms with Crippen LogP contribution >= 0.6 is 23.8 Å². The van der Waals surface area contributed by atoms with Crippen LogP contribution in [0.15, 0.2) is 47.4 Å². The quantitative estimate of drug-likeness (QED) is 0.573. The number of carbonyl (C=O) groups excluding carboxylic acids is 1. The zero-order valence-electron chi connectivity index (χ0n) is 19.0. The highest BCUT2D eigenvalue weighted by Gasteiger charge is 2.30. The lowest BCUT2D eigenvalue weighted by Crippen LogP contribution is -2.49. The maximum atomic E-state index is 13.0. The van der Waals surface area contributed by atoms with E-state index in [1.165, 1.54) is 4.31 Å². The predicted molar refractivity (Wildman–Crippen MR) is 137 cm³/mol. The molecule has 0 saturated carbocycles. The summed E-state index contributed by atoms with van der Waals surface area (Å²) in [6.07, 6.45) is 0.377. The molecule has 3 rings (SSSR count). The van der Waals surface area contributed by atoms with Gasteiger partial charge in [-0.3, -0.25) is 4.79 Å². The van der Waals surface area contributed by atoms with E-state index in [9.17, 15) is 13.2 Å². The highest BCUT2D eigenvalue weighted by Crippen LogP contribution is 2.35. The van der Waals surface area contributed by atoms with Gasteiger partial charge in [-0.25, -0.2) is 8.42 Å². The summed E-state index contributed by atoms with van der Waals surface area (Å²) in [6, 6.07) is 12.3. The Balaban J connectivity index is 1.70. The molecule has 1 amide bonds. The molecule has 0 unspecified atom stereocenters. The first-order valence-corrected chi connectivity index (χ1v) is 13.0. The van der Waals surface area contributed by atoms with E-state index in [0.29, 0.717) is 48.2 Å². The van der Waals surface area contributed by atoms with Crippen LogP contribution in [0, 0.1) is 12.8 Å². The molecule has 33 heavy (non-hydrogen) atoms. The maximum Gasteiger partial charge on any atom is 0.243 e. The van der Waals surface area contributed by atoms with Crippen molar-refractivity contribution in [1.82, 2.24) is 9.62 Å². The topological polar surface area (TPSA) is 81.8 Å². The van der Waals surface area contributed by atoms with Gasteiger partial charge in [-0.2, -0.15) is 4.31 Å². The van der Waals surface area contributed by atoms with Gasteiger partial charge in [0.05, 0.1) is 21.3 Å². The number of nitrogens with zero attached hydrogens (tertiary/aromatic N) is 2. The van der Waals surface area contributed by atoms with E-state index >= 15 is 0 Å². The Kier molecular flexibility index (Phi) is 8.33. The lowest BCUT2D eigenvalue weighted by atomic mass is 10.1. The minimum Gasteiger partial charge on any atom is -0.366 e. The van der Waals surface area contributed by atoms with Crippen LogP contribution in [0.5, 0.6) is 0 Å². The number of piperazine rings is 1. The van der Waals surface area contributed by atoms with Gasteiger partial charge in [0.15, 0.2) is 5.11 Å². The standard InChI is InChI=1S/C23H29ClN4O3S2/c1-16(2)15-21(29)26-23(32)25-20-6-4-5-19(24)22(20)27-11-13-28(14-12-27)33(30,31)18-9-7-17(3)8-10-18/h4-10,16H,11-15H2,1-3H3,(H2,25,26,29,32). The zero-order chi connectivity index (χ0) is 24.2. The molecule has 7 nitrogen and oxygen atoms in total. The second-order valence-corrected chi connectivity index (χ2v) is 11.2. The summed E-state index contributed by atoms with van der Waals surface area (Å²) in [5.74, 6) is 0.0722. The molecule has 1 aliphatic heterocycles. The minimum absolute atomic E-state index is 0.152. The number of rotatable bonds is 6. The van der Waals surface area contributed by atoms with Crippen molar-refractivity contribution in [3.63, 3.8) is 0 Å². The van der Waals surface area contributed by atoms with E-state index in [-0.39, 0.29) is 16.9 Å². The van der Waals surface area contributed by atoms with Gasteiger partial charge in [-0.15, -0.1) is 0 Å². The summed E-state index contributed by atoms with van der Waals surface area (Å²) in [4.78, 5) is 14.4. The van der Waals surface area contributed by atoms with Gasteiger partial charge in [-0.1, -0.05) is 49.2 Å². The van der Waals surface area contributed by atoms with Crippen LogP contribution in [0.1, 0.15) is 25.8 Å². The summed E-state index contributed by atoms with van der Waals surface area (Å²) in [5, 5.41) is 6.48. The van der Waals surface area contributed by atoms with Gasteiger partial charge in [0.2, 0.25) is 15.9 Å². The lowest BCUT2D eigenvalue weighted by Gasteiger charge is -2.36. The van der Waals surface area contributed by atoms with Crippen molar-refractivity contribution in [1.29, 1.82) is 0 Å². The molecular formula is C23H29ClN4O3S2. The number of carbonyl (C=O) groups is 1. The third-order valence-electron chi connectivity index (χ3n) is 5.30. The monoisotopic (exact) mass is 508 g/mol. The molecule has 0 spiro atoms. The van der Waals surface area contributed by atoms with E-state index in [2.05, 4.69) is 10.6 Å². The molecular weight excluding hydrogens is 480 g/mol. The van der Waals surface area contributed by atoms with Gasteiger partial charge >= 0.3 is 0 Å². The Morgan fingerprint density at radius 1 is 1.09 bits per heavy atom. The average Bonchev–Trinajstić information content (AvgIpc) is 2.73. The number of sulfonamides is 1. The summed E-state index contributed by atoms with van der Waals surface area (Å²) >= 11 is 11.8. The molecule has 1 saturated heterocycles. The first-order chi connectivity index (χ1) is 15.6. The molecule has 178 valence electrons. The fourth-order valence-electron chi connectivity index (χ4n) is 3.65. The van der Waals surface area contributed by atoms with Crippen molar-refractivity contribution in [2.45, 2.75) is 32.1 Å². The number of anilines is 2. The summed E-state index contributed by atoms with van der Waals surface area (Å²) in [6.45, 7) is 7.44. The summed E-state index contributed by atoms with van der Waals surface area (Å²) in [7, 11) is -3.56. The second kappa shape index (κ2) is 10.8. The van der Waals surface area contributed by atoms with Crippen molar-refractivity contribution in [3.8, 4) is 0 Å². The molecule has 1 heterocycles. The van der Waals surface area contributed by atoms with Crippen molar-refractivity contribution in [2.75, 3.05) is 36.4 Å². The Labute approximate surface area is 206 Å². The van der Waals surface area contributed by atoms with Crippen LogP contribution in [-0.2, 0) is 14.8 Å². The van der Waals surface area contributed by atoms with Gasteiger partial charge < -0.3 is 15.5 Å². The molecule has 0 atom stereocenters. The Morgan fingerprint density at radius 2 is 1.73 bits per heavy atom. The summed E-state index contributed by atoms with van der Waals surface area (Å²) in [5.41, 5.74) is 2.40. The summed E-state index contributed by atoms with van der Waals surface area (Å²) < 4.78 is 27.5. The lowest BCUT2D eigenvalue weighted by molar-refractivity contribution is -0.120. The van der Waals surface area contributed by atoms with Crippen LogP contribution in [0.2, 0.25) is 5.02 Å². The molecule has 10 heteroatoms. The zero-order valence-corrected chi connectivity index (χ0v) is 21.4. The highest BCUT2D eigenvalue weighted by atomic mass is 35.5. The third-order valence-corrected chi connectivity index (χ3v) is 7.72. The molecule has 0 bridgehead atoms. The highest BCUT2D eigenvalue weighted by molar-refractivity contribution is 7.89. The van der Waals surface area contributed by atoms with Gasteiger partial charge in [0.1, 0.15) is 0 Å². The maximum absolute atomic E-state index is 13.0. The van der Waals surface area contributed by atoms with Crippen LogP contribution in [0.4, 0.5) is 11.4 Å². The Hall–Kier alpha value is -2.20. The van der Waals surface area contributed by atoms with E-state index in [1.54, 1.807) is 36.4 Å². The van der Waals surface area contributed by atoms with Gasteiger partial charge in [0, 0.05) is 32.6 Å². The first kappa shape index (κ1) is 25.4. The number of thiocarbonyl (C=S) groups is 1. The number of benzene rings is 2. The number of hydrogen-bond donors (Lipinski definition) is 2. The predicted octanol–water partition coefficient (Wildman–Crippen LogP) is 4.02. The van der Waals surface area contributed by atoms with Crippen LogP contribution in [0.25, 0.3) is 0 Å². The van der Waals surface area contributed by atoms with E-state index in [4.69, 9.17) is 23.8 Å². The van der Waals surface area contributed by atoms with Crippen LogP contribution < -0.4 is 15.5 Å².